The second kappa shape index (κ2) is 12.2. The Morgan fingerprint density at radius 3 is 2.24 bits per heavy atom. The van der Waals surface area contributed by atoms with E-state index in [9.17, 15) is 22.4 Å². The van der Waals surface area contributed by atoms with Gasteiger partial charge < -0.3 is 10.2 Å². The van der Waals surface area contributed by atoms with Crippen LogP contribution in [0.1, 0.15) is 25.0 Å². The molecular weight excluding hydrogens is 517 g/mol. The van der Waals surface area contributed by atoms with E-state index in [1.807, 2.05) is 0 Å². The summed E-state index contributed by atoms with van der Waals surface area (Å²) in [5.41, 5.74) is 1.14. The van der Waals surface area contributed by atoms with Gasteiger partial charge in [-0.25, -0.2) is 12.8 Å². The van der Waals surface area contributed by atoms with Crippen LogP contribution >= 0.6 is 11.6 Å². The van der Waals surface area contributed by atoms with Crippen molar-refractivity contribution in [3.8, 4) is 0 Å². The van der Waals surface area contributed by atoms with Crippen molar-refractivity contribution in [2.24, 2.45) is 0 Å². The molecule has 0 radical (unpaired) electrons. The van der Waals surface area contributed by atoms with Crippen molar-refractivity contribution >= 4 is 39.1 Å². The molecule has 0 saturated carbocycles. The molecule has 7 nitrogen and oxygen atoms in total. The lowest BCUT2D eigenvalue weighted by Gasteiger charge is -2.32. The normalized spacial score (nSPS) is 12.0. The Hall–Kier alpha value is -3.43. The number of rotatable bonds is 10. The molecule has 3 aromatic rings. The zero-order chi connectivity index (χ0) is 27.2. The van der Waals surface area contributed by atoms with Crippen LogP contribution in [0.4, 0.5) is 10.1 Å². The van der Waals surface area contributed by atoms with E-state index >= 15 is 0 Å². The van der Waals surface area contributed by atoms with E-state index in [1.165, 1.54) is 54.3 Å². The zero-order valence-corrected chi connectivity index (χ0v) is 22.4. The minimum Gasteiger partial charge on any atom is -0.355 e. The number of benzene rings is 3. The predicted octanol–water partition coefficient (Wildman–Crippen LogP) is 4.54. The highest BCUT2D eigenvalue weighted by Gasteiger charge is 2.33. The maximum Gasteiger partial charge on any atom is 0.264 e. The van der Waals surface area contributed by atoms with E-state index in [0.29, 0.717) is 22.8 Å². The topological polar surface area (TPSA) is 86.8 Å². The van der Waals surface area contributed by atoms with E-state index < -0.39 is 40.2 Å². The Morgan fingerprint density at radius 2 is 1.62 bits per heavy atom. The summed E-state index contributed by atoms with van der Waals surface area (Å²) in [7, 11) is -4.21. The van der Waals surface area contributed by atoms with Gasteiger partial charge in [-0.05, 0) is 62.7 Å². The molecule has 0 aliphatic rings. The quantitative estimate of drug-likeness (QED) is 0.405. The third-order valence-electron chi connectivity index (χ3n) is 5.88. The molecule has 196 valence electrons. The Balaban J connectivity index is 2.05. The van der Waals surface area contributed by atoms with Crippen LogP contribution in [0.2, 0.25) is 5.02 Å². The van der Waals surface area contributed by atoms with Crippen molar-refractivity contribution in [1.29, 1.82) is 0 Å². The van der Waals surface area contributed by atoms with Crippen LogP contribution in [0.5, 0.6) is 0 Å². The number of carbonyl (C=O) groups is 2. The summed E-state index contributed by atoms with van der Waals surface area (Å²) in [6.07, 6.45) is 0. The molecule has 1 N–H and O–H groups in total. The molecular formula is C27H29ClFN3O4S. The fraction of sp³-hybridized carbons (Fsp3) is 0.259. The number of para-hydroxylation sites is 1. The van der Waals surface area contributed by atoms with Gasteiger partial charge in [0.15, 0.2) is 0 Å². The minimum absolute atomic E-state index is 0.0506. The zero-order valence-electron chi connectivity index (χ0n) is 20.8. The first kappa shape index (κ1) is 28.1. The summed E-state index contributed by atoms with van der Waals surface area (Å²) in [6.45, 7) is 4.52. The Kier molecular flexibility index (Phi) is 9.29. The number of sulfonamides is 1. The van der Waals surface area contributed by atoms with Gasteiger partial charge in [-0.3, -0.25) is 13.9 Å². The summed E-state index contributed by atoms with van der Waals surface area (Å²) < 4.78 is 43.0. The van der Waals surface area contributed by atoms with Crippen LogP contribution in [0.3, 0.4) is 0 Å². The average Bonchev–Trinajstić information content (AvgIpc) is 2.87. The van der Waals surface area contributed by atoms with Gasteiger partial charge >= 0.3 is 0 Å². The van der Waals surface area contributed by atoms with Crippen molar-refractivity contribution in [2.75, 3.05) is 17.4 Å². The molecule has 3 rings (SSSR count). The molecule has 0 saturated heterocycles. The predicted molar refractivity (Wildman–Crippen MR) is 142 cm³/mol. The lowest BCUT2D eigenvalue weighted by molar-refractivity contribution is -0.139. The maximum atomic E-state index is 14.5. The van der Waals surface area contributed by atoms with Gasteiger partial charge in [0, 0.05) is 23.7 Å². The van der Waals surface area contributed by atoms with Gasteiger partial charge in [-0.1, -0.05) is 48.0 Å². The summed E-state index contributed by atoms with van der Waals surface area (Å²) in [5, 5.41) is 3.03. The summed E-state index contributed by atoms with van der Waals surface area (Å²) >= 11 is 5.95. The first-order chi connectivity index (χ1) is 17.6. The van der Waals surface area contributed by atoms with Crippen molar-refractivity contribution in [2.45, 2.75) is 38.3 Å². The second-order valence-electron chi connectivity index (χ2n) is 8.44. The van der Waals surface area contributed by atoms with E-state index in [2.05, 4.69) is 5.32 Å². The van der Waals surface area contributed by atoms with E-state index in [-0.39, 0.29) is 17.0 Å². The number of amides is 2. The standard InChI is InChI=1S/C27H29ClFN3O4S/c1-4-30-27(34)20(3)31(17-21-10-6-7-11-24(21)29)26(33)18-32(25-12-8-5-9-19(25)2)37(35,36)23-15-13-22(28)14-16-23/h5-16,20H,4,17-18H2,1-3H3,(H,30,34)/t20-/m1/s1. The molecule has 3 aromatic carbocycles. The summed E-state index contributed by atoms with van der Waals surface area (Å²) in [6, 6.07) is 17.3. The Bertz CT molecular complexity index is 1370. The third-order valence-corrected chi connectivity index (χ3v) is 7.91. The van der Waals surface area contributed by atoms with Crippen LogP contribution < -0.4 is 9.62 Å². The van der Waals surface area contributed by atoms with Crippen molar-refractivity contribution in [3.63, 3.8) is 0 Å². The molecule has 37 heavy (non-hydrogen) atoms. The number of nitrogens with zero attached hydrogens (tertiary/aromatic N) is 2. The molecule has 0 aliphatic heterocycles. The maximum absolute atomic E-state index is 14.5. The molecule has 0 fully saturated rings. The number of aryl methyl sites for hydroxylation is 1. The lowest BCUT2D eigenvalue weighted by atomic mass is 10.1. The van der Waals surface area contributed by atoms with Gasteiger partial charge in [0.25, 0.3) is 10.0 Å². The van der Waals surface area contributed by atoms with Gasteiger partial charge in [0.2, 0.25) is 11.8 Å². The summed E-state index contributed by atoms with van der Waals surface area (Å²) in [5.74, 6) is -1.63. The number of hydrogen-bond acceptors (Lipinski definition) is 4. The number of anilines is 1. The Labute approximate surface area is 221 Å². The van der Waals surface area contributed by atoms with Gasteiger partial charge in [0.1, 0.15) is 18.4 Å². The van der Waals surface area contributed by atoms with Crippen LogP contribution in [-0.4, -0.2) is 44.3 Å². The number of carbonyl (C=O) groups excluding carboxylic acids is 2. The first-order valence-corrected chi connectivity index (χ1v) is 13.5. The smallest absolute Gasteiger partial charge is 0.264 e. The highest BCUT2D eigenvalue weighted by Crippen LogP contribution is 2.28. The molecule has 0 unspecified atom stereocenters. The van der Waals surface area contributed by atoms with Crippen molar-refractivity contribution < 1.29 is 22.4 Å². The van der Waals surface area contributed by atoms with E-state index in [4.69, 9.17) is 11.6 Å². The monoisotopic (exact) mass is 545 g/mol. The number of likely N-dealkylation sites (N-methyl/N-ethyl adjacent to an activating group) is 1. The molecule has 0 heterocycles. The highest BCUT2D eigenvalue weighted by atomic mass is 35.5. The van der Waals surface area contributed by atoms with Gasteiger partial charge in [-0.15, -0.1) is 0 Å². The fourth-order valence-electron chi connectivity index (χ4n) is 3.81. The average molecular weight is 546 g/mol. The second-order valence-corrected chi connectivity index (χ2v) is 10.7. The Morgan fingerprint density at radius 1 is 1.00 bits per heavy atom. The van der Waals surface area contributed by atoms with Crippen LogP contribution in [0.15, 0.2) is 77.7 Å². The number of halogens is 2. The minimum atomic E-state index is -4.21. The van der Waals surface area contributed by atoms with E-state index in [1.54, 1.807) is 44.2 Å². The van der Waals surface area contributed by atoms with Crippen molar-refractivity contribution in [1.82, 2.24) is 10.2 Å². The first-order valence-electron chi connectivity index (χ1n) is 11.7. The largest absolute Gasteiger partial charge is 0.355 e. The SMILES string of the molecule is CCNC(=O)[C@@H](C)N(Cc1ccccc1F)C(=O)CN(c1ccccc1C)S(=O)(=O)c1ccc(Cl)cc1. The van der Waals surface area contributed by atoms with Crippen molar-refractivity contribution in [3.05, 3.63) is 94.8 Å². The van der Waals surface area contributed by atoms with Gasteiger partial charge in [-0.2, -0.15) is 0 Å². The molecule has 0 aromatic heterocycles. The molecule has 0 bridgehead atoms. The molecule has 0 aliphatic carbocycles. The fourth-order valence-corrected chi connectivity index (χ4v) is 5.41. The highest BCUT2D eigenvalue weighted by molar-refractivity contribution is 7.92. The van der Waals surface area contributed by atoms with Gasteiger partial charge in [0.05, 0.1) is 10.6 Å². The number of hydrogen-bond donors (Lipinski definition) is 1. The lowest BCUT2D eigenvalue weighted by Crippen LogP contribution is -2.51. The summed E-state index contributed by atoms with van der Waals surface area (Å²) in [4.78, 5) is 27.5. The molecule has 10 heteroatoms. The third kappa shape index (κ3) is 6.67. The van der Waals surface area contributed by atoms with E-state index in [0.717, 1.165) is 4.31 Å². The van der Waals surface area contributed by atoms with Crippen LogP contribution in [0.25, 0.3) is 0 Å². The molecule has 0 spiro atoms. The van der Waals surface area contributed by atoms with Crippen LogP contribution in [0, 0.1) is 12.7 Å². The van der Waals surface area contributed by atoms with Crippen LogP contribution in [-0.2, 0) is 26.2 Å². The molecule has 1 atom stereocenters. The molecule has 2 amide bonds. The number of nitrogens with one attached hydrogen (secondary N) is 1.